The molecule has 3 heterocycles. The number of Topliss-reactive ketones (excluding diaryl/α,β-unsaturated/α-hetero) is 2. The van der Waals surface area contributed by atoms with Crippen molar-refractivity contribution in [3.63, 3.8) is 0 Å². The third-order valence-electron chi connectivity index (χ3n) is 7.23. The summed E-state index contributed by atoms with van der Waals surface area (Å²) < 4.78 is 7.18. The maximum Gasteiger partial charge on any atom is 0.206 e. The molecule has 1 unspecified atom stereocenters. The minimum absolute atomic E-state index is 0.0490. The molecule has 178 valence electrons. The molecule has 3 N–H and O–H groups in total. The second-order valence-corrected chi connectivity index (χ2v) is 9.11. The van der Waals surface area contributed by atoms with Gasteiger partial charge in [-0.2, -0.15) is 0 Å². The molecule has 0 bridgehead atoms. The van der Waals surface area contributed by atoms with Gasteiger partial charge in [-0.1, -0.05) is 24.3 Å². The van der Waals surface area contributed by atoms with E-state index < -0.39 is 35.1 Å². The van der Waals surface area contributed by atoms with Crippen molar-refractivity contribution in [3.05, 3.63) is 48.0 Å². The van der Waals surface area contributed by atoms with Gasteiger partial charge in [-0.25, -0.2) is 15.0 Å². The van der Waals surface area contributed by atoms with Crippen LogP contribution in [0.25, 0.3) is 11.2 Å². The molecule has 5 rings (SSSR count). The number of benzene rings is 1. The molecule has 3 aromatic rings. The van der Waals surface area contributed by atoms with Gasteiger partial charge >= 0.3 is 0 Å². The lowest BCUT2D eigenvalue weighted by molar-refractivity contribution is -0.180. The van der Waals surface area contributed by atoms with Crippen molar-refractivity contribution >= 4 is 28.5 Å². The Labute approximate surface area is 196 Å². The first-order valence-electron chi connectivity index (χ1n) is 11.3. The Morgan fingerprint density at radius 3 is 2.59 bits per heavy atom. The standard InChI is InChI=1S/C24H27N5O5/c1-13(30)23(32)15(3)34-22(24(23,33)14(2)31)29-12-27-19-20(25-11-26-21(19)29)28-18-10-6-8-16-7-4-5-9-17(16)18/h4-5,7,9,11-12,15,18,22,32-33H,6,8,10H2,1-3H3,(H,25,26,28)/t15-,18?,22-,23-,24+/m1/s1. The molecule has 1 aromatic carbocycles. The van der Waals surface area contributed by atoms with Crippen molar-refractivity contribution in [2.75, 3.05) is 5.32 Å². The van der Waals surface area contributed by atoms with E-state index in [2.05, 4.69) is 32.4 Å². The van der Waals surface area contributed by atoms with Crippen molar-refractivity contribution in [1.82, 2.24) is 19.5 Å². The molecule has 1 saturated heterocycles. The monoisotopic (exact) mass is 465 g/mol. The number of aromatic nitrogens is 4. The summed E-state index contributed by atoms with van der Waals surface area (Å²) >= 11 is 0. The molecule has 0 amide bonds. The van der Waals surface area contributed by atoms with Crippen LogP contribution in [0.3, 0.4) is 0 Å². The maximum absolute atomic E-state index is 12.6. The predicted molar refractivity (Wildman–Crippen MR) is 122 cm³/mol. The zero-order valence-electron chi connectivity index (χ0n) is 19.2. The van der Waals surface area contributed by atoms with E-state index in [0.717, 1.165) is 33.1 Å². The number of aliphatic hydroxyl groups is 2. The summed E-state index contributed by atoms with van der Waals surface area (Å²) in [6, 6.07) is 8.33. The van der Waals surface area contributed by atoms with Gasteiger partial charge in [-0.3, -0.25) is 14.2 Å². The molecule has 5 atom stereocenters. The molecule has 1 aliphatic carbocycles. The molecule has 2 aromatic heterocycles. The number of anilines is 1. The second-order valence-electron chi connectivity index (χ2n) is 9.11. The molecule has 10 nitrogen and oxygen atoms in total. The van der Waals surface area contributed by atoms with Crippen molar-refractivity contribution in [3.8, 4) is 0 Å². The van der Waals surface area contributed by atoms with E-state index >= 15 is 0 Å². The summed E-state index contributed by atoms with van der Waals surface area (Å²) in [6.07, 6.45) is 3.19. The summed E-state index contributed by atoms with van der Waals surface area (Å²) in [4.78, 5) is 38.1. The largest absolute Gasteiger partial charge is 0.376 e. The number of rotatable bonds is 5. The highest BCUT2D eigenvalue weighted by Crippen LogP contribution is 2.47. The van der Waals surface area contributed by atoms with Crippen molar-refractivity contribution < 1.29 is 24.5 Å². The molecule has 0 saturated carbocycles. The van der Waals surface area contributed by atoms with Gasteiger partial charge in [-0.05, 0) is 51.2 Å². The molecular formula is C24H27N5O5. The number of fused-ring (bicyclic) bond motifs is 2. The van der Waals surface area contributed by atoms with Gasteiger partial charge in [0, 0.05) is 0 Å². The van der Waals surface area contributed by atoms with E-state index in [1.807, 2.05) is 12.1 Å². The lowest BCUT2D eigenvalue weighted by Gasteiger charge is -2.36. The average Bonchev–Trinajstić information content (AvgIpc) is 3.34. The van der Waals surface area contributed by atoms with E-state index in [1.165, 1.54) is 35.3 Å². The first-order chi connectivity index (χ1) is 16.2. The van der Waals surface area contributed by atoms with E-state index in [-0.39, 0.29) is 6.04 Å². The fourth-order valence-corrected chi connectivity index (χ4v) is 5.35. The Hall–Kier alpha value is -3.21. The second kappa shape index (κ2) is 7.93. The Morgan fingerprint density at radius 1 is 1.12 bits per heavy atom. The number of imidazole rings is 1. The maximum atomic E-state index is 12.6. The third-order valence-corrected chi connectivity index (χ3v) is 7.23. The van der Waals surface area contributed by atoms with E-state index in [9.17, 15) is 19.8 Å². The van der Waals surface area contributed by atoms with Gasteiger partial charge in [0.1, 0.15) is 6.33 Å². The molecule has 0 spiro atoms. The number of carbonyl (C=O) groups is 2. The van der Waals surface area contributed by atoms with Crippen LogP contribution >= 0.6 is 0 Å². The molecule has 2 aliphatic rings. The normalized spacial score (nSPS) is 30.8. The topological polar surface area (TPSA) is 139 Å². The quantitative estimate of drug-likeness (QED) is 0.515. The van der Waals surface area contributed by atoms with Crippen LogP contribution in [0.1, 0.15) is 57.0 Å². The number of ether oxygens (including phenoxy) is 1. The number of ketones is 2. The molecular weight excluding hydrogens is 438 g/mol. The van der Waals surface area contributed by atoms with Crippen molar-refractivity contribution in [2.24, 2.45) is 0 Å². The summed E-state index contributed by atoms with van der Waals surface area (Å²) in [5.74, 6) is -1.06. The number of hydrogen-bond donors (Lipinski definition) is 3. The number of hydrogen-bond acceptors (Lipinski definition) is 9. The van der Waals surface area contributed by atoms with Gasteiger partial charge in [0.15, 0.2) is 40.4 Å². The van der Waals surface area contributed by atoms with E-state index in [4.69, 9.17) is 4.74 Å². The Morgan fingerprint density at radius 2 is 1.85 bits per heavy atom. The average molecular weight is 466 g/mol. The van der Waals surface area contributed by atoms with Gasteiger partial charge in [0.25, 0.3) is 0 Å². The molecule has 1 fully saturated rings. The van der Waals surface area contributed by atoms with E-state index in [1.54, 1.807) is 0 Å². The highest BCUT2D eigenvalue weighted by atomic mass is 16.6. The summed E-state index contributed by atoms with van der Waals surface area (Å²) in [7, 11) is 0. The Kier molecular flexibility index (Phi) is 5.27. The van der Waals surface area contributed by atoms with E-state index in [0.29, 0.717) is 17.0 Å². The van der Waals surface area contributed by atoms with Crippen molar-refractivity contribution in [1.29, 1.82) is 0 Å². The summed E-state index contributed by atoms with van der Waals surface area (Å²) in [5.41, 5.74) is -1.71. The zero-order valence-corrected chi connectivity index (χ0v) is 19.2. The Bertz CT molecular complexity index is 1290. The van der Waals surface area contributed by atoms with Gasteiger partial charge in [0.2, 0.25) is 5.60 Å². The van der Waals surface area contributed by atoms with Crippen LogP contribution in [0.15, 0.2) is 36.9 Å². The van der Waals surface area contributed by atoms with Crippen LogP contribution < -0.4 is 5.32 Å². The molecule has 1 aliphatic heterocycles. The number of aryl methyl sites for hydroxylation is 1. The van der Waals surface area contributed by atoms with Gasteiger partial charge in [0.05, 0.1) is 18.5 Å². The molecule has 0 radical (unpaired) electrons. The first kappa shape index (κ1) is 22.6. The number of carbonyl (C=O) groups excluding carboxylic acids is 2. The number of nitrogens with one attached hydrogen (secondary N) is 1. The Balaban J connectivity index is 1.56. The fraction of sp³-hybridized carbons (Fsp3) is 0.458. The third kappa shape index (κ3) is 3.02. The fourth-order valence-electron chi connectivity index (χ4n) is 5.35. The van der Waals surface area contributed by atoms with Gasteiger partial charge in [-0.15, -0.1) is 0 Å². The van der Waals surface area contributed by atoms with Crippen LogP contribution in [-0.2, 0) is 20.7 Å². The molecule has 10 heteroatoms. The van der Waals surface area contributed by atoms with Crippen LogP contribution in [0, 0.1) is 0 Å². The van der Waals surface area contributed by atoms with Gasteiger partial charge < -0.3 is 20.3 Å². The van der Waals surface area contributed by atoms with Crippen molar-refractivity contribution in [2.45, 2.75) is 69.6 Å². The zero-order chi connectivity index (χ0) is 24.3. The van der Waals surface area contributed by atoms with Crippen LogP contribution in [0.4, 0.5) is 5.82 Å². The summed E-state index contributed by atoms with van der Waals surface area (Å²) in [6.45, 7) is 3.68. The summed E-state index contributed by atoms with van der Waals surface area (Å²) in [5, 5.41) is 26.0. The lowest BCUT2D eigenvalue weighted by atomic mass is 9.75. The molecule has 34 heavy (non-hydrogen) atoms. The lowest BCUT2D eigenvalue weighted by Crippen LogP contribution is -2.65. The highest BCUT2D eigenvalue weighted by molar-refractivity contribution is 5.99. The highest BCUT2D eigenvalue weighted by Gasteiger charge is 2.70. The minimum atomic E-state index is -2.52. The SMILES string of the molecule is CC(=O)[C@@]1(O)[C@@H](C)O[C@@H](n2cnc3c(NC4CCCc5ccccc54)ncnc32)[C@@]1(O)C(C)=O. The van der Waals surface area contributed by atoms with Crippen LogP contribution in [0.5, 0.6) is 0 Å². The number of nitrogens with zero attached hydrogens (tertiary/aromatic N) is 4. The first-order valence-corrected chi connectivity index (χ1v) is 11.3. The minimum Gasteiger partial charge on any atom is -0.376 e. The van der Waals surface area contributed by atoms with Crippen LogP contribution in [-0.4, -0.2) is 58.6 Å². The smallest absolute Gasteiger partial charge is 0.206 e. The predicted octanol–water partition coefficient (Wildman–Crippen LogP) is 1.87. The van der Waals surface area contributed by atoms with Crippen LogP contribution in [0.2, 0.25) is 0 Å².